The molecule has 186 valence electrons. The first-order valence-electron chi connectivity index (χ1n) is 11.9. The summed E-state index contributed by atoms with van der Waals surface area (Å²) >= 11 is 0. The second kappa shape index (κ2) is 10.8. The van der Waals surface area contributed by atoms with Crippen molar-refractivity contribution in [2.24, 2.45) is 5.92 Å². The van der Waals surface area contributed by atoms with E-state index in [2.05, 4.69) is 10.6 Å². The van der Waals surface area contributed by atoms with Crippen molar-refractivity contribution in [3.63, 3.8) is 0 Å². The van der Waals surface area contributed by atoms with Crippen LogP contribution in [0.2, 0.25) is 0 Å². The van der Waals surface area contributed by atoms with Gasteiger partial charge in [0, 0.05) is 30.3 Å². The molecule has 0 spiro atoms. The molecule has 8 nitrogen and oxygen atoms in total. The Kier molecular flexibility index (Phi) is 7.53. The first-order valence-corrected chi connectivity index (χ1v) is 11.9. The van der Waals surface area contributed by atoms with Gasteiger partial charge in [0.2, 0.25) is 12.7 Å². The Hall–Kier alpha value is -3.62. The Bertz CT molecular complexity index is 1080. The molecule has 0 aliphatic carbocycles. The standard InChI is InChI=1S/C26H30FN3O5/c1-3-16(2)28-25(32)23(29-24(31)19-6-9-21-22(14-19)35-15-34-21)17-10-12-30(13-11-17)26(33)18-4-7-20(27)8-5-18/h4-9,14,16-17,23H,3,10-13,15H2,1-2H3,(H,28,32)(H,29,31)/t16-,23+/m1/s1. The summed E-state index contributed by atoms with van der Waals surface area (Å²) in [6, 6.07) is 9.60. The number of carbonyl (C=O) groups excluding carboxylic acids is 3. The molecular formula is C26H30FN3O5. The minimum absolute atomic E-state index is 0.0346. The van der Waals surface area contributed by atoms with Crippen molar-refractivity contribution < 1.29 is 28.2 Å². The normalized spacial score (nSPS) is 16.9. The van der Waals surface area contributed by atoms with E-state index >= 15 is 0 Å². The second-order valence-electron chi connectivity index (χ2n) is 8.97. The summed E-state index contributed by atoms with van der Waals surface area (Å²) in [7, 11) is 0. The highest BCUT2D eigenvalue weighted by molar-refractivity contribution is 5.98. The molecular weight excluding hydrogens is 453 g/mol. The predicted octanol–water partition coefficient (Wildman–Crippen LogP) is 3.12. The van der Waals surface area contributed by atoms with Crippen molar-refractivity contribution in [1.29, 1.82) is 0 Å². The third kappa shape index (κ3) is 5.72. The van der Waals surface area contributed by atoms with Gasteiger partial charge in [-0.2, -0.15) is 0 Å². The van der Waals surface area contributed by atoms with Crippen LogP contribution in [0, 0.1) is 11.7 Å². The maximum absolute atomic E-state index is 13.2. The zero-order chi connectivity index (χ0) is 24.9. The maximum Gasteiger partial charge on any atom is 0.253 e. The number of nitrogens with one attached hydrogen (secondary N) is 2. The van der Waals surface area contributed by atoms with Gasteiger partial charge in [-0.05, 0) is 74.6 Å². The molecule has 0 saturated carbocycles. The van der Waals surface area contributed by atoms with Crippen LogP contribution >= 0.6 is 0 Å². The van der Waals surface area contributed by atoms with Crippen molar-refractivity contribution in [3.8, 4) is 11.5 Å². The number of fused-ring (bicyclic) bond motifs is 1. The van der Waals surface area contributed by atoms with Crippen LogP contribution in [0.1, 0.15) is 53.8 Å². The quantitative estimate of drug-likeness (QED) is 0.631. The summed E-state index contributed by atoms with van der Waals surface area (Å²) < 4.78 is 23.9. The smallest absolute Gasteiger partial charge is 0.253 e. The monoisotopic (exact) mass is 483 g/mol. The van der Waals surface area contributed by atoms with Gasteiger partial charge in [-0.15, -0.1) is 0 Å². The number of likely N-dealkylation sites (tertiary alicyclic amines) is 1. The van der Waals surface area contributed by atoms with Crippen LogP contribution in [0.15, 0.2) is 42.5 Å². The minimum atomic E-state index is -0.745. The Morgan fingerprint density at radius 1 is 1.00 bits per heavy atom. The highest BCUT2D eigenvalue weighted by Gasteiger charge is 2.34. The van der Waals surface area contributed by atoms with Crippen LogP contribution in [0.3, 0.4) is 0 Å². The van der Waals surface area contributed by atoms with E-state index in [1.165, 1.54) is 24.3 Å². The molecule has 2 aromatic carbocycles. The van der Waals surface area contributed by atoms with Crippen molar-refractivity contribution >= 4 is 17.7 Å². The Labute approximate surface area is 203 Å². The summed E-state index contributed by atoms with van der Waals surface area (Å²) in [6.45, 7) is 4.88. The van der Waals surface area contributed by atoms with Gasteiger partial charge in [0.1, 0.15) is 11.9 Å². The number of benzene rings is 2. The predicted molar refractivity (Wildman–Crippen MR) is 127 cm³/mol. The molecule has 35 heavy (non-hydrogen) atoms. The summed E-state index contributed by atoms with van der Waals surface area (Å²) in [4.78, 5) is 40.7. The van der Waals surface area contributed by atoms with Crippen molar-refractivity contribution in [3.05, 3.63) is 59.4 Å². The number of piperidine rings is 1. The van der Waals surface area contributed by atoms with Crippen LogP contribution < -0.4 is 20.1 Å². The van der Waals surface area contributed by atoms with E-state index in [0.717, 1.165) is 6.42 Å². The molecule has 1 saturated heterocycles. The van der Waals surface area contributed by atoms with Gasteiger partial charge in [-0.25, -0.2) is 4.39 Å². The lowest BCUT2D eigenvalue weighted by molar-refractivity contribution is -0.125. The molecule has 2 aliphatic rings. The SMILES string of the molecule is CC[C@@H](C)NC(=O)[C@@H](NC(=O)c1ccc2c(c1)OCO2)C1CCN(C(=O)c2ccc(F)cc2)CC1. The van der Waals surface area contributed by atoms with Gasteiger partial charge in [-0.3, -0.25) is 14.4 Å². The lowest BCUT2D eigenvalue weighted by atomic mass is 9.88. The molecule has 1 fully saturated rings. The van der Waals surface area contributed by atoms with E-state index < -0.39 is 11.9 Å². The van der Waals surface area contributed by atoms with E-state index in [1.807, 2.05) is 13.8 Å². The molecule has 0 unspecified atom stereocenters. The van der Waals surface area contributed by atoms with Crippen LogP contribution in [0.4, 0.5) is 4.39 Å². The largest absolute Gasteiger partial charge is 0.454 e. The van der Waals surface area contributed by atoms with Crippen LogP contribution in [-0.4, -0.2) is 54.6 Å². The number of halogens is 1. The molecule has 0 radical (unpaired) electrons. The topological polar surface area (TPSA) is 97.0 Å². The van der Waals surface area contributed by atoms with Gasteiger partial charge in [0.15, 0.2) is 11.5 Å². The lowest BCUT2D eigenvalue weighted by Gasteiger charge is -2.36. The molecule has 0 bridgehead atoms. The van der Waals surface area contributed by atoms with Gasteiger partial charge in [0.25, 0.3) is 11.8 Å². The van der Waals surface area contributed by atoms with Gasteiger partial charge in [0.05, 0.1) is 0 Å². The van der Waals surface area contributed by atoms with Gasteiger partial charge >= 0.3 is 0 Å². The van der Waals surface area contributed by atoms with Crippen LogP contribution in [0.25, 0.3) is 0 Å². The second-order valence-corrected chi connectivity index (χ2v) is 8.97. The van der Waals surface area contributed by atoms with Crippen molar-refractivity contribution in [2.45, 2.75) is 45.2 Å². The summed E-state index contributed by atoms with van der Waals surface area (Å²) in [6.07, 6.45) is 1.86. The Morgan fingerprint density at radius 2 is 1.66 bits per heavy atom. The van der Waals surface area contributed by atoms with E-state index in [9.17, 15) is 18.8 Å². The molecule has 4 rings (SSSR count). The zero-order valence-electron chi connectivity index (χ0n) is 19.9. The fourth-order valence-electron chi connectivity index (χ4n) is 4.31. The molecule has 2 aromatic rings. The number of carbonyl (C=O) groups is 3. The molecule has 2 atom stereocenters. The van der Waals surface area contributed by atoms with Crippen LogP contribution in [-0.2, 0) is 4.79 Å². The third-order valence-corrected chi connectivity index (χ3v) is 6.59. The molecule has 3 amide bonds. The molecule has 2 heterocycles. The highest BCUT2D eigenvalue weighted by atomic mass is 19.1. The Balaban J connectivity index is 1.44. The summed E-state index contributed by atoms with van der Waals surface area (Å²) in [5.41, 5.74) is 0.798. The van der Waals surface area contributed by atoms with E-state index in [-0.39, 0.29) is 36.5 Å². The van der Waals surface area contributed by atoms with Gasteiger partial charge in [-0.1, -0.05) is 6.92 Å². The Morgan fingerprint density at radius 3 is 2.34 bits per heavy atom. The average Bonchev–Trinajstić information content (AvgIpc) is 3.35. The third-order valence-electron chi connectivity index (χ3n) is 6.59. The van der Waals surface area contributed by atoms with Crippen LogP contribution in [0.5, 0.6) is 11.5 Å². The minimum Gasteiger partial charge on any atom is -0.454 e. The summed E-state index contributed by atoms with van der Waals surface area (Å²) in [5, 5.41) is 5.89. The fourth-order valence-corrected chi connectivity index (χ4v) is 4.31. The first kappa shape index (κ1) is 24.5. The first-order chi connectivity index (χ1) is 16.9. The molecule has 9 heteroatoms. The maximum atomic E-state index is 13.2. The lowest BCUT2D eigenvalue weighted by Crippen LogP contribution is -2.55. The van der Waals surface area contributed by atoms with E-state index in [4.69, 9.17) is 9.47 Å². The van der Waals surface area contributed by atoms with Gasteiger partial charge < -0.3 is 25.0 Å². The molecule has 2 N–H and O–H groups in total. The van der Waals surface area contributed by atoms with E-state index in [1.54, 1.807) is 23.1 Å². The number of hydrogen-bond acceptors (Lipinski definition) is 5. The van der Waals surface area contributed by atoms with Crippen molar-refractivity contribution in [2.75, 3.05) is 19.9 Å². The average molecular weight is 484 g/mol. The zero-order valence-corrected chi connectivity index (χ0v) is 19.9. The molecule has 2 aliphatic heterocycles. The molecule has 0 aromatic heterocycles. The number of amides is 3. The number of hydrogen-bond donors (Lipinski definition) is 2. The number of ether oxygens (including phenoxy) is 2. The summed E-state index contributed by atoms with van der Waals surface area (Å²) in [5.74, 6) is -0.262. The number of nitrogens with zero attached hydrogens (tertiary/aromatic N) is 1. The van der Waals surface area contributed by atoms with E-state index in [0.29, 0.717) is 48.6 Å². The fraction of sp³-hybridized carbons (Fsp3) is 0.423. The highest BCUT2D eigenvalue weighted by Crippen LogP contribution is 2.32. The number of rotatable bonds is 7. The van der Waals surface area contributed by atoms with Crippen molar-refractivity contribution in [1.82, 2.24) is 15.5 Å².